The normalized spacial score (nSPS) is 18.8. The first kappa shape index (κ1) is 10.1. The van der Waals surface area contributed by atoms with Gasteiger partial charge in [0, 0.05) is 30.7 Å². The zero-order valence-electron chi connectivity index (χ0n) is 8.52. The average Bonchev–Trinajstić information content (AvgIpc) is 2.88. The zero-order chi connectivity index (χ0) is 9.97. The minimum Gasteiger partial charge on any atom is -0.329 e. The van der Waals surface area contributed by atoms with Gasteiger partial charge >= 0.3 is 0 Å². The Bertz CT molecular complexity index is 269. The highest BCUT2D eigenvalue weighted by Gasteiger charge is 2.32. The number of aromatic nitrogens is 1. The molecule has 1 aliphatic rings. The predicted octanol–water partition coefficient (Wildman–Crippen LogP) is 1.63. The monoisotopic (exact) mass is 211 g/mol. The number of hydrogen-bond donors (Lipinski definition) is 1. The molecule has 2 N–H and O–H groups in total. The molecule has 3 nitrogen and oxygen atoms in total. The van der Waals surface area contributed by atoms with Gasteiger partial charge in [0.05, 0.1) is 6.04 Å². The fourth-order valence-electron chi connectivity index (χ4n) is 1.83. The minimum atomic E-state index is 0.436. The van der Waals surface area contributed by atoms with Gasteiger partial charge in [-0.2, -0.15) is 0 Å². The molecule has 0 unspecified atom stereocenters. The first-order valence-corrected chi connectivity index (χ1v) is 6.06. The smallest absolute Gasteiger partial charge is 0.109 e. The van der Waals surface area contributed by atoms with Crippen molar-refractivity contribution >= 4 is 11.3 Å². The summed E-state index contributed by atoms with van der Waals surface area (Å²) in [4.78, 5) is 6.85. The van der Waals surface area contributed by atoms with E-state index in [0.717, 1.165) is 19.1 Å². The van der Waals surface area contributed by atoms with Crippen LogP contribution in [0.2, 0.25) is 0 Å². The lowest BCUT2D eigenvalue weighted by Crippen LogP contribution is -2.33. The first-order chi connectivity index (χ1) is 6.83. The molecule has 1 atom stereocenters. The van der Waals surface area contributed by atoms with E-state index in [9.17, 15) is 0 Å². The molecule has 1 fully saturated rings. The lowest BCUT2D eigenvalue weighted by atomic mass is 10.3. The van der Waals surface area contributed by atoms with E-state index in [-0.39, 0.29) is 0 Å². The van der Waals surface area contributed by atoms with E-state index in [2.05, 4.69) is 16.8 Å². The number of nitrogens with zero attached hydrogens (tertiary/aromatic N) is 2. The van der Waals surface area contributed by atoms with Gasteiger partial charge in [-0.1, -0.05) is 0 Å². The highest BCUT2D eigenvalue weighted by atomic mass is 32.1. The second-order valence-electron chi connectivity index (χ2n) is 3.80. The summed E-state index contributed by atoms with van der Waals surface area (Å²) in [5.74, 6) is 0. The molecule has 0 amide bonds. The fraction of sp³-hybridized carbons (Fsp3) is 0.700. The summed E-state index contributed by atoms with van der Waals surface area (Å²) >= 11 is 1.74. The largest absolute Gasteiger partial charge is 0.329 e. The molecule has 1 aliphatic carbocycles. The van der Waals surface area contributed by atoms with Gasteiger partial charge in [0.25, 0.3) is 0 Å². The van der Waals surface area contributed by atoms with E-state index in [4.69, 9.17) is 5.73 Å². The molecule has 0 bridgehead atoms. The van der Waals surface area contributed by atoms with Gasteiger partial charge in [-0.3, -0.25) is 4.90 Å². The minimum absolute atomic E-state index is 0.436. The second kappa shape index (κ2) is 4.38. The first-order valence-electron chi connectivity index (χ1n) is 5.18. The van der Waals surface area contributed by atoms with Crippen molar-refractivity contribution in [3.05, 3.63) is 16.6 Å². The van der Waals surface area contributed by atoms with Crippen molar-refractivity contribution in [3.63, 3.8) is 0 Å². The van der Waals surface area contributed by atoms with Crippen LogP contribution in [0.15, 0.2) is 11.6 Å². The molecule has 0 spiro atoms. The van der Waals surface area contributed by atoms with Gasteiger partial charge in [-0.05, 0) is 19.8 Å². The third-order valence-corrected chi connectivity index (χ3v) is 3.66. The van der Waals surface area contributed by atoms with Gasteiger partial charge in [0.15, 0.2) is 0 Å². The number of hydrogen-bond acceptors (Lipinski definition) is 4. The van der Waals surface area contributed by atoms with E-state index >= 15 is 0 Å². The SMILES string of the molecule is C[C@@H](c1nccs1)N(CCN)C1CC1. The maximum absolute atomic E-state index is 5.63. The van der Waals surface area contributed by atoms with E-state index < -0.39 is 0 Å². The second-order valence-corrected chi connectivity index (χ2v) is 4.73. The molecule has 0 radical (unpaired) electrons. The van der Waals surface area contributed by atoms with Crippen LogP contribution in [-0.4, -0.2) is 29.0 Å². The molecule has 1 aromatic rings. The average molecular weight is 211 g/mol. The summed E-state index contributed by atoms with van der Waals surface area (Å²) in [6, 6.07) is 1.20. The van der Waals surface area contributed by atoms with Gasteiger partial charge in [-0.25, -0.2) is 4.98 Å². The predicted molar refractivity (Wildman–Crippen MR) is 59.3 cm³/mol. The van der Waals surface area contributed by atoms with Crippen LogP contribution in [0.1, 0.15) is 30.8 Å². The van der Waals surface area contributed by atoms with E-state index in [1.165, 1.54) is 17.8 Å². The van der Waals surface area contributed by atoms with Crippen molar-refractivity contribution in [2.45, 2.75) is 31.8 Å². The summed E-state index contributed by atoms with van der Waals surface area (Å²) < 4.78 is 0. The van der Waals surface area contributed by atoms with Crippen molar-refractivity contribution in [2.24, 2.45) is 5.73 Å². The van der Waals surface area contributed by atoms with Crippen LogP contribution in [0, 0.1) is 0 Å². The Balaban J connectivity index is 2.02. The highest BCUT2D eigenvalue weighted by Crippen LogP contribution is 2.34. The summed E-state index contributed by atoms with van der Waals surface area (Å²) in [6.45, 7) is 3.96. The Hall–Kier alpha value is -0.450. The standard InChI is InChI=1S/C10H17N3S/c1-8(10-12-5-7-14-10)13(6-4-11)9-2-3-9/h5,7-9H,2-4,6,11H2,1H3/t8-/m0/s1. The molecule has 1 heterocycles. The topological polar surface area (TPSA) is 42.2 Å². The molecule has 0 aliphatic heterocycles. The van der Waals surface area contributed by atoms with Crippen LogP contribution < -0.4 is 5.73 Å². The summed E-state index contributed by atoms with van der Waals surface area (Å²) in [5, 5.41) is 3.25. The Morgan fingerprint density at radius 3 is 3.00 bits per heavy atom. The molecule has 78 valence electrons. The summed E-state index contributed by atoms with van der Waals surface area (Å²) in [6.07, 6.45) is 4.54. The lowest BCUT2D eigenvalue weighted by molar-refractivity contribution is 0.205. The van der Waals surface area contributed by atoms with E-state index in [1.54, 1.807) is 11.3 Å². The maximum Gasteiger partial charge on any atom is 0.109 e. The molecule has 2 rings (SSSR count). The van der Waals surface area contributed by atoms with Crippen LogP contribution in [0.5, 0.6) is 0 Å². The molecular weight excluding hydrogens is 194 g/mol. The van der Waals surface area contributed by atoms with E-state index in [0.29, 0.717) is 6.04 Å². The number of nitrogens with two attached hydrogens (primary N) is 1. The Labute approximate surface area is 88.9 Å². The fourth-order valence-corrected chi connectivity index (χ4v) is 2.55. The quantitative estimate of drug-likeness (QED) is 0.805. The Morgan fingerprint density at radius 1 is 1.71 bits per heavy atom. The van der Waals surface area contributed by atoms with Crippen molar-refractivity contribution in [2.75, 3.05) is 13.1 Å². The third-order valence-electron chi connectivity index (χ3n) is 2.71. The van der Waals surface area contributed by atoms with E-state index in [1.807, 2.05) is 11.6 Å². The third kappa shape index (κ3) is 2.13. The molecular formula is C10H17N3S. The summed E-state index contributed by atoms with van der Waals surface area (Å²) in [7, 11) is 0. The van der Waals surface area contributed by atoms with Crippen LogP contribution in [0.3, 0.4) is 0 Å². The zero-order valence-corrected chi connectivity index (χ0v) is 9.33. The van der Waals surface area contributed by atoms with Crippen molar-refractivity contribution in [1.82, 2.24) is 9.88 Å². The van der Waals surface area contributed by atoms with Crippen LogP contribution in [-0.2, 0) is 0 Å². The highest BCUT2D eigenvalue weighted by molar-refractivity contribution is 7.09. The van der Waals surface area contributed by atoms with Gasteiger partial charge in [-0.15, -0.1) is 11.3 Å². The van der Waals surface area contributed by atoms with Crippen LogP contribution >= 0.6 is 11.3 Å². The van der Waals surface area contributed by atoms with Crippen LogP contribution in [0.4, 0.5) is 0 Å². The van der Waals surface area contributed by atoms with Gasteiger partial charge in [0.2, 0.25) is 0 Å². The molecule has 0 saturated heterocycles. The lowest BCUT2D eigenvalue weighted by Gasteiger charge is -2.26. The van der Waals surface area contributed by atoms with Crippen LogP contribution in [0.25, 0.3) is 0 Å². The molecule has 14 heavy (non-hydrogen) atoms. The molecule has 4 heteroatoms. The molecule has 1 aromatic heterocycles. The summed E-state index contributed by atoms with van der Waals surface area (Å²) in [5.41, 5.74) is 5.63. The van der Waals surface area contributed by atoms with Crippen molar-refractivity contribution in [3.8, 4) is 0 Å². The molecule has 0 aromatic carbocycles. The number of thiazole rings is 1. The van der Waals surface area contributed by atoms with Crippen molar-refractivity contribution in [1.29, 1.82) is 0 Å². The van der Waals surface area contributed by atoms with Crippen molar-refractivity contribution < 1.29 is 0 Å². The molecule has 1 saturated carbocycles. The number of rotatable bonds is 5. The Kier molecular flexibility index (Phi) is 3.15. The maximum atomic E-state index is 5.63. The van der Waals surface area contributed by atoms with Gasteiger partial charge in [0.1, 0.15) is 5.01 Å². The Morgan fingerprint density at radius 2 is 2.50 bits per heavy atom. The van der Waals surface area contributed by atoms with Gasteiger partial charge < -0.3 is 5.73 Å².